The second-order valence-electron chi connectivity index (χ2n) is 3.17. The molecular formula is C11H18O5. The van der Waals surface area contributed by atoms with Gasteiger partial charge in [-0.05, 0) is 20.3 Å². The molecule has 0 aromatic heterocycles. The van der Waals surface area contributed by atoms with Gasteiger partial charge in [-0.2, -0.15) is 0 Å². The standard InChI is InChI=1S/C11H18O5/c1-4-15-10(13)9(6-8(3)7-12)11(14)16-5-2/h9,12H,3-7H2,1-2H3. The molecule has 0 spiro atoms. The van der Waals surface area contributed by atoms with E-state index < -0.39 is 17.9 Å². The van der Waals surface area contributed by atoms with Gasteiger partial charge in [0, 0.05) is 0 Å². The third kappa shape index (κ3) is 4.93. The Labute approximate surface area is 95.0 Å². The minimum atomic E-state index is -1.03. The molecule has 0 amide bonds. The van der Waals surface area contributed by atoms with Gasteiger partial charge < -0.3 is 14.6 Å². The lowest BCUT2D eigenvalue weighted by Gasteiger charge is -2.14. The molecule has 16 heavy (non-hydrogen) atoms. The van der Waals surface area contributed by atoms with E-state index in [9.17, 15) is 9.59 Å². The molecule has 0 aliphatic rings. The highest BCUT2D eigenvalue weighted by molar-refractivity contribution is 5.95. The number of hydrogen-bond donors (Lipinski definition) is 1. The fourth-order valence-electron chi connectivity index (χ4n) is 1.10. The number of esters is 2. The number of aliphatic hydroxyl groups is 1. The first-order chi connectivity index (χ1) is 7.56. The zero-order valence-electron chi connectivity index (χ0n) is 9.69. The zero-order chi connectivity index (χ0) is 12.6. The summed E-state index contributed by atoms with van der Waals surface area (Å²) in [6, 6.07) is 0. The molecule has 0 saturated carbocycles. The highest BCUT2D eigenvalue weighted by atomic mass is 16.6. The van der Waals surface area contributed by atoms with Gasteiger partial charge in [0.15, 0.2) is 5.92 Å². The maximum atomic E-state index is 11.5. The molecule has 0 aliphatic carbocycles. The first kappa shape index (κ1) is 14.6. The average Bonchev–Trinajstić information content (AvgIpc) is 2.25. The van der Waals surface area contributed by atoms with Crippen LogP contribution in [0.3, 0.4) is 0 Å². The Hall–Kier alpha value is -1.36. The predicted molar refractivity (Wildman–Crippen MR) is 57.6 cm³/mol. The highest BCUT2D eigenvalue weighted by Crippen LogP contribution is 2.14. The third-order valence-corrected chi connectivity index (χ3v) is 1.86. The van der Waals surface area contributed by atoms with Crippen molar-refractivity contribution in [2.75, 3.05) is 19.8 Å². The Bertz CT molecular complexity index is 241. The Balaban J connectivity index is 4.55. The van der Waals surface area contributed by atoms with E-state index in [-0.39, 0.29) is 26.2 Å². The molecule has 0 rings (SSSR count). The number of rotatable bonds is 7. The lowest BCUT2D eigenvalue weighted by Crippen LogP contribution is -2.28. The number of ether oxygens (including phenoxy) is 2. The first-order valence-electron chi connectivity index (χ1n) is 5.17. The number of hydrogen-bond acceptors (Lipinski definition) is 5. The van der Waals surface area contributed by atoms with Crippen LogP contribution in [-0.2, 0) is 19.1 Å². The van der Waals surface area contributed by atoms with Crippen molar-refractivity contribution >= 4 is 11.9 Å². The minimum Gasteiger partial charge on any atom is -0.465 e. The molecule has 0 radical (unpaired) electrons. The van der Waals surface area contributed by atoms with Crippen molar-refractivity contribution in [3.63, 3.8) is 0 Å². The van der Waals surface area contributed by atoms with Gasteiger partial charge in [-0.1, -0.05) is 12.2 Å². The molecular weight excluding hydrogens is 212 g/mol. The van der Waals surface area contributed by atoms with Gasteiger partial charge in [0.25, 0.3) is 0 Å². The maximum Gasteiger partial charge on any atom is 0.320 e. The Morgan fingerprint density at radius 2 is 1.62 bits per heavy atom. The van der Waals surface area contributed by atoms with E-state index in [4.69, 9.17) is 14.6 Å². The smallest absolute Gasteiger partial charge is 0.320 e. The summed E-state index contributed by atoms with van der Waals surface area (Å²) in [6.07, 6.45) is 0.0498. The van der Waals surface area contributed by atoms with E-state index in [2.05, 4.69) is 6.58 Å². The van der Waals surface area contributed by atoms with Gasteiger partial charge in [0.2, 0.25) is 0 Å². The molecule has 5 nitrogen and oxygen atoms in total. The Morgan fingerprint density at radius 1 is 1.19 bits per heavy atom. The number of aliphatic hydroxyl groups excluding tert-OH is 1. The maximum absolute atomic E-state index is 11.5. The van der Waals surface area contributed by atoms with E-state index in [1.165, 1.54) is 0 Å². The van der Waals surface area contributed by atoms with Crippen molar-refractivity contribution in [2.24, 2.45) is 5.92 Å². The van der Waals surface area contributed by atoms with Crippen LogP contribution in [0.1, 0.15) is 20.3 Å². The van der Waals surface area contributed by atoms with Crippen molar-refractivity contribution in [3.8, 4) is 0 Å². The van der Waals surface area contributed by atoms with Gasteiger partial charge in [-0.3, -0.25) is 9.59 Å². The van der Waals surface area contributed by atoms with Crippen molar-refractivity contribution in [1.82, 2.24) is 0 Å². The molecule has 0 bridgehead atoms. The molecule has 0 atom stereocenters. The summed E-state index contributed by atoms with van der Waals surface area (Å²) in [5.41, 5.74) is 0.395. The molecule has 0 heterocycles. The summed E-state index contributed by atoms with van der Waals surface area (Å²) < 4.78 is 9.51. The molecule has 0 unspecified atom stereocenters. The van der Waals surface area contributed by atoms with Crippen LogP contribution in [0.5, 0.6) is 0 Å². The van der Waals surface area contributed by atoms with E-state index in [1.807, 2.05) is 0 Å². The van der Waals surface area contributed by atoms with E-state index in [1.54, 1.807) is 13.8 Å². The highest BCUT2D eigenvalue weighted by Gasteiger charge is 2.29. The SMILES string of the molecule is C=C(CO)CC(C(=O)OCC)C(=O)OCC. The molecule has 0 aromatic rings. The van der Waals surface area contributed by atoms with Crippen molar-refractivity contribution in [1.29, 1.82) is 0 Å². The fourth-order valence-corrected chi connectivity index (χ4v) is 1.10. The zero-order valence-corrected chi connectivity index (χ0v) is 9.69. The molecule has 1 N–H and O–H groups in total. The lowest BCUT2D eigenvalue weighted by atomic mass is 10.0. The van der Waals surface area contributed by atoms with Crippen LogP contribution in [0.15, 0.2) is 12.2 Å². The average molecular weight is 230 g/mol. The van der Waals surface area contributed by atoms with Crippen LogP contribution >= 0.6 is 0 Å². The van der Waals surface area contributed by atoms with E-state index in [0.717, 1.165) is 0 Å². The summed E-state index contributed by atoms with van der Waals surface area (Å²) in [4.78, 5) is 22.9. The molecule has 0 fully saturated rings. The summed E-state index contributed by atoms with van der Waals surface area (Å²) in [7, 11) is 0. The largest absolute Gasteiger partial charge is 0.465 e. The van der Waals surface area contributed by atoms with Gasteiger partial charge >= 0.3 is 11.9 Å². The summed E-state index contributed by atoms with van der Waals surface area (Å²) in [5, 5.41) is 8.80. The Kier molecular flexibility index (Phi) is 7.20. The summed E-state index contributed by atoms with van der Waals surface area (Å²) in [6.45, 7) is 6.96. The monoisotopic (exact) mass is 230 g/mol. The first-order valence-corrected chi connectivity index (χ1v) is 5.17. The number of carbonyl (C=O) groups excluding carboxylic acids is 2. The van der Waals surface area contributed by atoms with Crippen LogP contribution in [0, 0.1) is 5.92 Å². The Morgan fingerprint density at radius 3 is 1.94 bits per heavy atom. The van der Waals surface area contributed by atoms with Crippen molar-refractivity contribution in [3.05, 3.63) is 12.2 Å². The molecule has 5 heteroatoms. The van der Waals surface area contributed by atoms with Crippen LogP contribution in [0.25, 0.3) is 0 Å². The quantitative estimate of drug-likeness (QED) is 0.395. The molecule has 0 aromatic carbocycles. The summed E-state index contributed by atoms with van der Waals surface area (Å²) >= 11 is 0. The van der Waals surface area contributed by atoms with E-state index >= 15 is 0 Å². The van der Waals surface area contributed by atoms with E-state index in [0.29, 0.717) is 5.57 Å². The third-order valence-electron chi connectivity index (χ3n) is 1.86. The van der Waals surface area contributed by atoms with Crippen LogP contribution in [-0.4, -0.2) is 36.9 Å². The number of carbonyl (C=O) groups is 2. The second kappa shape index (κ2) is 7.87. The van der Waals surface area contributed by atoms with Gasteiger partial charge in [-0.15, -0.1) is 0 Å². The van der Waals surface area contributed by atoms with Crippen molar-refractivity contribution in [2.45, 2.75) is 20.3 Å². The fraction of sp³-hybridized carbons (Fsp3) is 0.636. The molecule has 0 saturated heterocycles. The second-order valence-corrected chi connectivity index (χ2v) is 3.17. The van der Waals surface area contributed by atoms with Gasteiger partial charge in [-0.25, -0.2) is 0 Å². The summed E-state index contributed by atoms with van der Waals surface area (Å²) in [5.74, 6) is -2.31. The lowest BCUT2D eigenvalue weighted by molar-refractivity contribution is -0.161. The van der Waals surface area contributed by atoms with Crippen LogP contribution in [0.2, 0.25) is 0 Å². The van der Waals surface area contributed by atoms with Gasteiger partial charge in [0.1, 0.15) is 0 Å². The van der Waals surface area contributed by atoms with Gasteiger partial charge in [0.05, 0.1) is 19.8 Å². The van der Waals surface area contributed by atoms with Crippen LogP contribution in [0.4, 0.5) is 0 Å². The topological polar surface area (TPSA) is 72.8 Å². The van der Waals surface area contributed by atoms with Crippen LogP contribution < -0.4 is 0 Å². The minimum absolute atomic E-state index is 0.0498. The normalized spacial score (nSPS) is 10.0. The van der Waals surface area contributed by atoms with Crippen molar-refractivity contribution < 1.29 is 24.2 Å². The molecule has 92 valence electrons. The molecule has 0 aliphatic heterocycles. The predicted octanol–water partition coefficient (Wildman–Crippen LogP) is 0.667.